The fourth-order valence-corrected chi connectivity index (χ4v) is 5.39. The maximum Gasteiger partial charge on any atom is 0.0195 e. The lowest BCUT2D eigenvalue weighted by Crippen LogP contribution is -2.37. The molecule has 0 heterocycles. The van der Waals surface area contributed by atoms with E-state index in [0.29, 0.717) is 0 Å². The van der Waals surface area contributed by atoms with E-state index >= 15 is 0 Å². The fourth-order valence-electron chi connectivity index (χ4n) is 5.39. The largest absolute Gasteiger partial charge is 0.0616 e. The smallest absolute Gasteiger partial charge is 0.0195 e. The summed E-state index contributed by atoms with van der Waals surface area (Å²) in [6.45, 7) is 7.25. The number of fused-ring (bicyclic) bond motifs is 1. The van der Waals surface area contributed by atoms with Crippen molar-refractivity contribution in [1.29, 1.82) is 0 Å². The average Bonchev–Trinajstić information content (AvgIpc) is 2.65. The SMILES string of the molecule is CC1(C)CC(C)(c2cccc3ccccc23)c2cccc3cccc1c23. The van der Waals surface area contributed by atoms with E-state index in [2.05, 4.69) is 99.6 Å². The lowest BCUT2D eigenvalue weighted by Gasteiger charge is -2.45. The van der Waals surface area contributed by atoms with E-state index in [1.807, 2.05) is 0 Å². The van der Waals surface area contributed by atoms with E-state index < -0.39 is 0 Å². The van der Waals surface area contributed by atoms with Gasteiger partial charge in [0, 0.05) is 5.41 Å². The maximum absolute atomic E-state index is 2.45. The van der Waals surface area contributed by atoms with Gasteiger partial charge in [0.15, 0.2) is 0 Å². The summed E-state index contributed by atoms with van der Waals surface area (Å²) >= 11 is 0. The highest BCUT2D eigenvalue weighted by Gasteiger charge is 2.43. The third kappa shape index (κ3) is 2.02. The minimum absolute atomic E-state index is 0.00176. The first-order valence-corrected chi connectivity index (χ1v) is 9.52. The third-order valence-corrected chi connectivity index (χ3v) is 6.41. The first-order chi connectivity index (χ1) is 12.5. The van der Waals surface area contributed by atoms with Crippen molar-refractivity contribution in [3.8, 4) is 0 Å². The standard InChI is InChI=1S/C26H24/c1-25(2)17-26(3,21-14-6-10-18-9-4-5-13-20(18)21)23-16-8-12-19-11-7-15-22(25)24(19)23/h4-16H,17H2,1-3H3. The topological polar surface area (TPSA) is 0 Å². The Balaban J connectivity index is 1.92. The van der Waals surface area contributed by atoms with Crippen LogP contribution < -0.4 is 0 Å². The monoisotopic (exact) mass is 336 g/mol. The van der Waals surface area contributed by atoms with E-state index in [1.54, 1.807) is 0 Å². The van der Waals surface area contributed by atoms with E-state index in [4.69, 9.17) is 0 Å². The number of hydrogen-bond donors (Lipinski definition) is 0. The highest BCUT2D eigenvalue weighted by Crippen LogP contribution is 2.53. The highest BCUT2D eigenvalue weighted by molar-refractivity contribution is 5.94. The van der Waals surface area contributed by atoms with Crippen LogP contribution in [0, 0.1) is 0 Å². The van der Waals surface area contributed by atoms with Crippen molar-refractivity contribution in [2.45, 2.75) is 38.0 Å². The molecule has 0 fully saturated rings. The average molecular weight is 336 g/mol. The van der Waals surface area contributed by atoms with Crippen molar-refractivity contribution in [3.63, 3.8) is 0 Å². The van der Waals surface area contributed by atoms with Crippen molar-refractivity contribution >= 4 is 21.5 Å². The molecule has 1 atom stereocenters. The molecule has 26 heavy (non-hydrogen) atoms. The molecule has 0 N–H and O–H groups in total. The Labute approximate surface area is 155 Å². The molecule has 0 saturated heterocycles. The minimum atomic E-state index is -0.00176. The van der Waals surface area contributed by atoms with Gasteiger partial charge in [-0.15, -0.1) is 0 Å². The zero-order valence-corrected chi connectivity index (χ0v) is 15.7. The normalized spacial score (nSPS) is 21.2. The number of hydrogen-bond acceptors (Lipinski definition) is 0. The molecular formula is C26H24. The highest BCUT2D eigenvalue weighted by atomic mass is 14.5. The van der Waals surface area contributed by atoms with Gasteiger partial charge in [-0.05, 0) is 50.1 Å². The Morgan fingerprint density at radius 3 is 1.92 bits per heavy atom. The van der Waals surface area contributed by atoms with Crippen LogP contribution in [0.2, 0.25) is 0 Å². The molecule has 0 aliphatic heterocycles. The van der Waals surface area contributed by atoms with Gasteiger partial charge in [0.05, 0.1) is 0 Å². The van der Waals surface area contributed by atoms with Gasteiger partial charge >= 0.3 is 0 Å². The minimum Gasteiger partial charge on any atom is -0.0616 e. The molecule has 0 nitrogen and oxygen atoms in total. The Morgan fingerprint density at radius 2 is 1.15 bits per heavy atom. The summed E-state index contributed by atoms with van der Waals surface area (Å²) in [5, 5.41) is 5.53. The molecule has 1 aliphatic carbocycles. The molecule has 1 aliphatic rings. The number of benzene rings is 4. The molecule has 128 valence electrons. The van der Waals surface area contributed by atoms with Crippen LogP contribution in [-0.4, -0.2) is 0 Å². The van der Waals surface area contributed by atoms with E-state index in [-0.39, 0.29) is 10.8 Å². The first kappa shape index (κ1) is 15.6. The summed E-state index contributed by atoms with van der Waals surface area (Å²) < 4.78 is 0. The van der Waals surface area contributed by atoms with Crippen molar-refractivity contribution in [3.05, 3.63) is 95.6 Å². The van der Waals surface area contributed by atoms with Gasteiger partial charge in [0.2, 0.25) is 0 Å². The molecule has 0 aromatic heterocycles. The molecule has 0 amide bonds. The zero-order valence-electron chi connectivity index (χ0n) is 15.7. The van der Waals surface area contributed by atoms with E-state index in [9.17, 15) is 0 Å². The van der Waals surface area contributed by atoms with Crippen LogP contribution in [-0.2, 0) is 10.8 Å². The van der Waals surface area contributed by atoms with Crippen molar-refractivity contribution < 1.29 is 0 Å². The van der Waals surface area contributed by atoms with E-state index in [0.717, 1.165) is 6.42 Å². The predicted octanol–water partition coefficient (Wildman–Crippen LogP) is 6.98. The molecule has 0 heteroatoms. The van der Waals surface area contributed by atoms with Crippen LogP contribution in [0.5, 0.6) is 0 Å². The Hall–Kier alpha value is -2.60. The predicted molar refractivity (Wildman–Crippen MR) is 112 cm³/mol. The second kappa shape index (κ2) is 5.20. The second-order valence-electron chi connectivity index (χ2n) is 8.63. The van der Waals surface area contributed by atoms with Crippen LogP contribution in [0.4, 0.5) is 0 Å². The number of rotatable bonds is 1. The van der Waals surface area contributed by atoms with Gasteiger partial charge in [-0.2, -0.15) is 0 Å². The Kier molecular flexibility index (Phi) is 3.13. The van der Waals surface area contributed by atoms with Crippen LogP contribution in [0.15, 0.2) is 78.9 Å². The molecule has 0 spiro atoms. The fraction of sp³-hybridized carbons (Fsp3) is 0.231. The summed E-state index contributed by atoms with van der Waals surface area (Å²) in [5.74, 6) is 0. The zero-order chi connectivity index (χ0) is 17.9. The van der Waals surface area contributed by atoms with Crippen LogP contribution in [0.3, 0.4) is 0 Å². The molecule has 4 aromatic rings. The summed E-state index contributed by atoms with van der Waals surface area (Å²) in [6.07, 6.45) is 1.12. The lowest BCUT2D eigenvalue weighted by atomic mass is 9.58. The molecule has 0 saturated carbocycles. The van der Waals surface area contributed by atoms with E-state index in [1.165, 1.54) is 38.2 Å². The van der Waals surface area contributed by atoms with Crippen molar-refractivity contribution in [1.82, 2.24) is 0 Å². The Bertz CT molecular complexity index is 1140. The third-order valence-electron chi connectivity index (χ3n) is 6.41. The van der Waals surface area contributed by atoms with Gasteiger partial charge in [0.25, 0.3) is 0 Å². The van der Waals surface area contributed by atoms with Gasteiger partial charge in [-0.1, -0.05) is 99.6 Å². The summed E-state index contributed by atoms with van der Waals surface area (Å²) in [5.41, 5.74) is 4.55. The van der Waals surface area contributed by atoms with Crippen molar-refractivity contribution in [2.24, 2.45) is 0 Å². The maximum atomic E-state index is 2.45. The summed E-state index contributed by atoms with van der Waals surface area (Å²) in [7, 11) is 0. The summed E-state index contributed by atoms with van der Waals surface area (Å²) in [4.78, 5) is 0. The second-order valence-corrected chi connectivity index (χ2v) is 8.63. The van der Waals surface area contributed by atoms with Gasteiger partial charge in [-0.25, -0.2) is 0 Å². The van der Waals surface area contributed by atoms with Crippen LogP contribution >= 0.6 is 0 Å². The summed E-state index contributed by atoms with van der Waals surface area (Å²) in [6, 6.07) is 29.2. The van der Waals surface area contributed by atoms with Gasteiger partial charge < -0.3 is 0 Å². The molecule has 5 rings (SSSR count). The van der Waals surface area contributed by atoms with Gasteiger partial charge in [0.1, 0.15) is 0 Å². The molecule has 1 unspecified atom stereocenters. The molecule has 0 radical (unpaired) electrons. The lowest BCUT2D eigenvalue weighted by molar-refractivity contribution is 0.364. The quantitative estimate of drug-likeness (QED) is 0.352. The molecule has 0 bridgehead atoms. The molecular weight excluding hydrogens is 312 g/mol. The first-order valence-electron chi connectivity index (χ1n) is 9.52. The molecule has 4 aromatic carbocycles. The van der Waals surface area contributed by atoms with Crippen LogP contribution in [0.25, 0.3) is 21.5 Å². The van der Waals surface area contributed by atoms with Crippen LogP contribution in [0.1, 0.15) is 43.9 Å². The van der Waals surface area contributed by atoms with Gasteiger partial charge in [-0.3, -0.25) is 0 Å². The van der Waals surface area contributed by atoms with Crippen molar-refractivity contribution in [2.75, 3.05) is 0 Å². The Morgan fingerprint density at radius 1 is 0.577 bits per heavy atom.